The van der Waals surface area contributed by atoms with Gasteiger partial charge in [0.05, 0.1) is 35.5 Å². The standard InChI is InChI=1S/C40H45F2N9O/c1-26-18-28-19-36(44-26)34-24-43-47(3)37(34)8-6-4-5-7-13-51-38-23-32(9-10-35(38)46-40(51)45-27(28)2)48-14-11-31(12-15-48)50-17-16-49(25-39(50)52)33-21-29(41)20-30(42)22-33/h9-10,18-24,31H,2,4-8,11-17,25H2,1,3H3,(H,45,46). The number of pyridine rings is 1. The van der Waals surface area contributed by atoms with E-state index in [4.69, 9.17) is 9.98 Å². The van der Waals surface area contributed by atoms with Crippen LogP contribution in [0.3, 0.4) is 0 Å². The Bertz CT molecular complexity index is 2030. The fraction of sp³-hybridized carbons (Fsp3) is 0.400. The zero-order chi connectivity index (χ0) is 35.9. The molecule has 8 rings (SSSR count). The van der Waals surface area contributed by atoms with Crippen LogP contribution >= 0.6 is 0 Å². The first-order chi connectivity index (χ1) is 25.2. The molecule has 270 valence electrons. The number of carbonyl (C=O) groups is 1. The third kappa shape index (κ3) is 6.73. The van der Waals surface area contributed by atoms with Crippen LogP contribution in [0.2, 0.25) is 0 Å². The maximum Gasteiger partial charge on any atom is 0.242 e. The van der Waals surface area contributed by atoms with Crippen LogP contribution in [0.5, 0.6) is 0 Å². The molecule has 12 heteroatoms. The number of aliphatic imine (C=N–C) groups is 1. The number of rotatable bonds is 3. The number of fused-ring (bicyclic) bond motifs is 7. The lowest BCUT2D eigenvalue weighted by molar-refractivity contribution is -0.133. The number of hydrogen-bond acceptors (Lipinski definition) is 8. The number of aromatic nitrogens is 3. The Morgan fingerprint density at radius 3 is 2.44 bits per heavy atom. The summed E-state index contributed by atoms with van der Waals surface area (Å²) in [7, 11) is 2.01. The van der Waals surface area contributed by atoms with Crippen molar-refractivity contribution >= 4 is 40.3 Å². The zero-order valence-corrected chi connectivity index (χ0v) is 29.9. The Labute approximate surface area is 303 Å². The van der Waals surface area contributed by atoms with Crippen molar-refractivity contribution in [2.45, 2.75) is 57.9 Å². The third-order valence-electron chi connectivity index (χ3n) is 10.9. The van der Waals surface area contributed by atoms with Crippen LogP contribution in [0.4, 0.5) is 31.5 Å². The minimum atomic E-state index is -0.634. The number of aryl methyl sites for hydroxylation is 2. The number of halogens is 2. The third-order valence-corrected chi connectivity index (χ3v) is 10.9. The van der Waals surface area contributed by atoms with Gasteiger partial charge >= 0.3 is 0 Å². The van der Waals surface area contributed by atoms with Gasteiger partial charge in [-0.3, -0.25) is 14.5 Å². The first kappa shape index (κ1) is 33.9. The van der Waals surface area contributed by atoms with Gasteiger partial charge in [-0.1, -0.05) is 19.4 Å². The molecule has 0 radical (unpaired) electrons. The van der Waals surface area contributed by atoms with E-state index in [0.29, 0.717) is 24.5 Å². The van der Waals surface area contributed by atoms with Crippen LogP contribution < -0.4 is 20.0 Å². The van der Waals surface area contributed by atoms with E-state index in [1.165, 1.54) is 17.8 Å². The van der Waals surface area contributed by atoms with Crippen LogP contribution in [0.1, 0.15) is 55.5 Å². The quantitative estimate of drug-likeness (QED) is 0.252. The predicted molar refractivity (Wildman–Crippen MR) is 203 cm³/mol. The van der Waals surface area contributed by atoms with Gasteiger partial charge in [-0.2, -0.15) is 5.10 Å². The smallest absolute Gasteiger partial charge is 0.242 e. The molecule has 0 saturated carbocycles. The van der Waals surface area contributed by atoms with E-state index in [-0.39, 0.29) is 18.5 Å². The average molecular weight is 706 g/mol. The average Bonchev–Trinajstić information content (AvgIpc) is 3.67. The van der Waals surface area contributed by atoms with Crippen molar-refractivity contribution in [3.05, 3.63) is 89.9 Å². The molecule has 4 aliphatic rings. The highest BCUT2D eigenvalue weighted by Gasteiger charge is 2.33. The van der Waals surface area contributed by atoms with Gasteiger partial charge in [0.15, 0.2) is 0 Å². The fourth-order valence-electron chi connectivity index (χ4n) is 8.17. The summed E-state index contributed by atoms with van der Waals surface area (Å²) in [6.45, 7) is 10.1. The summed E-state index contributed by atoms with van der Waals surface area (Å²) in [6, 6.07) is 14.3. The first-order valence-electron chi connectivity index (χ1n) is 18.4. The lowest BCUT2D eigenvalue weighted by atomic mass is 10.0. The van der Waals surface area contributed by atoms with Crippen LogP contribution in [0.25, 0.3) is 17.0 Å². The van der Waals surface area contributed by atoms with Crippen LogP contribution in [0, 0.1) is 18.6 Å². The molecule has 0 spiro atoms. The van der Waals surface area contributed by atoms with E-state index in [9.17, 15) is 13.6 Å². The van der Waals surface area contributed by atoms with Crippen molar-refractivity contribution in [1.29, 1.82) is 0 Å². The van der Waals surface area contributed by atoms with Gasteiger partial charge in [-0.25, -0.2) is 13.8 Å². The molecule has 6 heterocycles. The van der Waals surface area contributed by atoms with Crippen LogP contribution in [0.15, 0.2) is 66.3 Å². The Morgan fingerprint density at radius 2 is 1.65 bits per heavy atom. The number of piperidine rings is 1. The molecule has 0 unspecified atom stereocenters. The van der Waals surface area contributed by atoms with E-state index in [1.807, 2.05) is 35.8 Å². The number of guanidine groups is 1. The number of benzene rings is 2. The molecule has 2 aromatic carbocycles. The van der Waals surface area contributed by atoms with Gasteiger partial charge in [0.2, 0.25) is 11.9 Å². The van der Waals surface area contributed by atoms with Crippen molar-refractivity contribution in [3.8, 4) is 11.3 Å². The van der Waals surface area contributed by atoms with Gasteiger partial charge in [0.1, 0.15) is 11.6 Å². The molecule has 0 aliphatic carbocycles. The molecule has 0 atom stereocenters. The SMILES string of the molecule is C=C1/N=C2\Nc3ccc(N4CCC(N5CCN(c6cc(F)cc(F)c6)CC5=O)CC4)cc3N2CCCCCCc2c(cnn2C)-c2cc1cc(C)n2. The van der Waals surface area contributed by atoms with Gasteiger partial charge in [0.25, 0.3) is 0 Å². The number of hydrogen-bond donors (Lipinski definition) is 1. The number of nitrogens with zero attached hydrogens (tertiary/aromatic N) is 8. The number of anilines is 4. The Hall–Kier alpha value is -5.26. The highest BCUT2D eigenvalue weighted by molar-refractivity contribution is 6.16. The van der Waals surface area contributed by atoms with Crippen molar-refractivity contribution in [2.75, 3.05) is 59.3 Å². The maximum atomic E-state index is 13.8. The molecule has 1 N–H and O–H groups in total. The molecule has 1 amide bonds. The van der Waals surface area contributed by atoms with E-state index in [2.05, 4.69) is 51.1 Å². The van der Waals surface area contributed by atoms with E-state index in [1.54, 1.807) is 4.90 Å². The van der Waals surface area contributed by atoms with E-state index < -0.39 is 11.6 Å². The van der Waals surface area contributed by atoms with Crippen molar-refractivity contribution < 1.29 is 13.6 Å². The number of carbonyl (C=O) groups excluding carboxylic acids is 1. The van der Waals surface area contributed by atoms with Crippen molar-refractivity contribution in [2.24, 2.45) is 12.0 Å². The lowest BCUT2D eigenvalue weighted by Gasteiger charge is -2.43. The predicted octanol–water partition coefficient (Wildman–Crippen LogP) is 6.76. The topological polar surface area (TPSA) is 85.1 Å². The van der Waals surface area contributed by atoms with Crippen molar-refractivity contribution in [3.63, 3.8) is 0 Å². The molecule has 4 aromatic rings. The number of amides is 1. The van der Waals surface area contributed by atoms with Gasteiger partial charge in [-0.05, 0) is 81.5 Å². The maximum absolute atomic E-state index is 13.8. The molecule has 2 bridgehead atoms. The summed E-state index contributed by atoms with van der Waals surface area (Å²) in [5.74, 6) is -0.484. The van der Waals surface area contributed by atoms with Crippen LogP contribution in [-0.2, 0) is 18.3 Å². The summed E-state index contributed by atoms with van der Waals surface area (Å²) in [5.41, 5.74) is 9.39. The second kappa shape index (κ2) is 14.0. The van der Waals surface area contributed by atoms with E-state index >= 15 is 0 Å². The molecule has 52 heavy (non-hydrogen) atoms. The van der Waals surface area contributed by atoms with Crippen LogP contribution in [-0.4, -0.2) is 76.8 Å². The number of piperazine rings is 1. The van der Waals surface area contributed by atoms with Gasteiger partial charge in [-0.15, -0.1) is 0 Å². The molecular weight excluding hydrogens is 660 g/mol. The highest BCUT2D eigenvalue weighted by Crippen LogP contribution is 2.38. The largest absolute Gasteiger partial charge is 0.371 e. The molecule has 2 fully saturated rings. The van der Waals surface area contributed by atoms with Gasteiger partial charge < -0.3 is 24.9 Å². The summed E-state index contributed by atoms with van der Waals surface area (Å²) in [5, 5.41) is 8.15. The minimum absolute atomic E-state index is 0.00308. The molecule has 2 saturated heterocycles. The zero-order valence-electron chi connectivity index (χ0n) is 29.9. The Balaban J connectivity index is 0.972. The second-order valence-corrected chi connectivity index (χ2v) is 14.4. The summed E-state index contributed by atoms with van der Waals surface area (Å²) >= 11 is 0. The summed E-state index contributed by atoms with van der Waals surface area (Å²) < 4.78 is 29.6. The monoisotopic (exact) mass is 705 g/mol. The Kier molecular flexibility index (Phi) is 9.15. The highest BCUT2D eigenvalue weighted by atomic mass is 19.1. The summed E-state index contributed by atoms with van der Waals surface area (Å²) in [4.78, 5) is 31.6. The fourth-order valence-corrected chi connectivity index (χ4v) is 8.17. The molecule has 2 aromatic heterocycles. The van der Waals surface area contributed by atoms with Gasteiger partial charge in [0, 0.05) is 85.8 Å². The minimum Gasteiger partial charge on any atom is -0.371 e. The molecule has 4 aliphatic heterocycles. The molecular formula is C40H45F2N9O. The first-order valence-corrected chi connectivity index (χ1v) is 18.4. The Morgan fingerprint density at radius 1 is 0.865 bits per heavy atom. The molecule has 10 nitrogen and oxygen atoms in total. The van der Waals surface area contributed by atoms with Crippen molar-refractivity contribution in [1.82, 2.24) is 19.7 Å². The second-order valence-electron chi connectivity index (χ2n) is 14.4. The lowest BCUT2D eigenvalue weighted by Crippen LogP contribution is -2.56. The number of nitrogens with one attached hydrogen (secondary N) is 1. The summed E-state index contributed by atoms with van der Waals surface area (Å²) in [6.07, 6.45) is 8.95. The van der Waals surface area contributed by atoms with E-state index in [0.717, 1.165) is 116 Å². The normalized spacial score (nSPS) is 19.7.